The average Bonchev–Trinajstić information content (AvgIpc) is 1.91. The van der Waals surface area contributed by atoms with Gasteiger partial charge in [0.15, 0.2) is 0 Å². The molecular formula is C7H13NO. The van der Waals surface area contributed by atoms with Crippen LogP contribution < -0.4 is 5.32 Å². The zero-order valence-corrected chi connectivity index (χ0v) is 5.81. The molecule has 1 aliphatic heterocycles. The Hall–Kier alpha value is -0.340. The molecule has 1 heterocycles. The number of hydrogen-bond acceptors (Lipinski definition) is 2. The van der Waals surface area contributed by atoms with Gasteiger partial charge in [-0.05, 0) is 13.5 Å². The normalized spacial score (nSPS) is 19.4. The first-order valence-corrected chi connectivity index (χ1v) is 3.33. The molecule has 0 bridgehead atoms. The van der Waals surface area contributed by atoms with Crippen LogP contribution in [0.2, 0.25) is 0 Å². The molecular weight excluding hydrogens is 114 g/mol. The molecule has 9 heavy (non-hydrogen) atoms. The Morgan fingerprint density at radius 1 is 1.78 bits per heavy atom. The van der Waals surface area contributed by atoms with Gasteiger partial charge in [-0.15, -0.1) is 0 Å². The fourth-order valence-corrected chi connectivity index (χ4v) is 0.953. The van der Waals surface area contributed by atoms with Crippen molar-refractivity contribution in [3.05, 3.63) is 11.6 Å². The summed E-state index contributed by atoms with van der Waals surface area (Å²) >= 11 is 0. The zero-order chi connectivity index (χ0) is 6.53. The van der Waals surface area contributed by atoms with Gasteiger partial charge in [-0.2, -0.15) is 0 Å². The molecule has 0 fully saturated rings. The first kappa shape index (κ1) is 6.78. The van der Waals surface area contributed by atoms with E-state index in [9.17, 15) is 0 Å². The summed E-state index contributed by atoms with van der Waals surface area (Å²) in [4.78, 5) is 0. The Morgan fingerprint density at radius 3 is 3.22 bits per heavy atom. The number of likely N-dealkylation sites (N-methyl/N-ethyl adjacent to an activating group) is 1. The van der Waals surface area contributed by atoms with Gasteiger partial charge in [-0.25, -0.2) is 0 Å². The van der Waals surface area contributed by atoms with Crippen molar-refractivity contribution < 1.29 is 4.74 Å². The third-order valence-corrected chi connectivity index (χ3v) is 1.46. The van der Waals surface area contributed by atoms with Crippen molar-refractivity contribution in [2.24, 2.45) is 0 Å². The summed E-state index contributed by atoms with van der Waals surface area (Å²) in [6.45, 7) is 2.72. The van der Waals surface area contributed by atoms with Gasteiger partial charge in [-0.1, -0.05) is 11.6 Å². The number of ether oxygens (including phenoxy) is 1. The van der Waals surface area contributed by atoms with Crippen molar-refractivity contribution in [2.45, 2.75) is 6.42 Å². The lowest BCUT2D eigenvalue weighted by Crippen LogP contribution is -2.15. The third-order valence-electron chi connectivity index (χ3n) is 1.46. The highest BCUT2D eigenvalue weighted by Gasteiger charge is 2.00. The summed E-state index contributed by atoms with van der Waals surface area (Å²) in [6.07, 6.45) is 3.25. The van der Waals surface area contributed by atoms with Crippen molar-refractivity contribution >= 4 is 0 Å². The van der Waals surface area contributed by atoms with Crippen molar-refractivity contribution in [3.8, 4) is 0 Å². The monoisotopic (exact) mass is 127 g/mol. The van der Waals surface area contributed by atoms with E-state index in [0.717, 1.165) is 26.2 Å². The zero-order valence-electron chi connectivity index (χ0n) is 5.81. The molecule has 0 amide bonds. The smallest absolute Gasteiger partial charge is 0.0650 e. The number of nitrogens with one attached hydrogen (secondary N) is 1. The van der Waals surface area contributed by atoms with Crippen LogP contribution >= 0.6 is 0 Å². The molecule has 0 atom stereocenters. The second kappa shape index (κ2) is 3.64. The van der Waals surface area contributed by atoms with Crippen LogP contribution in [0.15, 0.2) is 11.6 Å². The quantitative estimate of drug-likeness (QED) is 0.547. The summed E-state index contributed by atoms with van der Waals surface area (Å²) < 4.78 is 5.14. The van der Waals surface area contributed by atoms with Crippen LogP contribution in [0.5, 0.6) is 0 Å². The molecule has 0 saturated carbocycles. The molecule has 1 aliphatic rings. The van der Waals surface area contributed by atoms with Crippen molar-refractivity contribution in [2.75, 3.05) is 26.8 Å². The van der Waals surface area contributed by atoms with Crippen LogP contribution in [0, 0.1) is 0 Å². The molecule has 0 aromatic carbocycles. The largest absolute Gasteiger partial charge is 0.377 e. The fourth-order valence-electron chi connectivity index (χ4n) is 0.953. The highest BCUT2D eigenvalue weighted by atomic mass is 16.5. The molecule has 2 heteroatoms. The Labute approximate surface area is 55.9 Å². The van der Waals surface area contributed by atoms with Gasteiger partial charge in [0.25, 0.3) is 0 Å². The minimum Gasteiger partial charge on any atom is -0.377 e. The van der Waals surface area contributed by atoms with Gasteiger partial charge in [0.2, 0.25) is 0 Å². The number of rotatable bonds is 2. The van der Waals surface area contributed by atoms with Gasteiger partial charge < -0.3 is 10.1 Å². The molecule has 2 nitrogen and oxygen atoms in total. The summed E-state index contributed by atoms with van der Waals surface area (Å²) in [7, 11) is 1.97. The molecule has 0 aliphatic carbocycles. The van der Waals surface area contributed by atoms with E-state index in [-0.39, 0.29) is 0 Å². The molecule has 0 radical (unpaired) electrons. The van der Waals surface area contributed by atoms with Crippen molar-refractivity contribution in [3.63, 3.8) is 0 Å². The van der Waals surface area contributed by atoms with E-state index in [1.54, 1.807) is 0 Å². The summed E-state index contributed by atoms with van der Waals surface area (Å²) in [5.74, 6) is 0. The maximum Gasteiger partial charge on any atom is 0.0650 e. The summed E-state index contributed by atoms with van der Waals surface area (Å²) in [5.41, 5.74) is 1.48. The molecule has 0 aromatic heterocycles. The van der Waals surface area contributed by atoms with E-state index in [1.807, 2.05) is 7.05 Å². The third kappa shape index (κ3) is 2.16. The standard InChI is InChI=1S/C7H13NO/c1-8-6-7-2-4-9-5-3-7/h2,8H,3-6H2,1H3. The molecule has 1 N–H and O–H groups in total. The average molecular weight is 127 g/mol. The van der Waals surface area contributed by atoms with Crippen LogP contribution in [0.25, 0.3) is 0 Å². The molecule has 0 aromatic rings. The Balaban J connectivity index is 2.28. The van der Waals surface area contributed by atoms with E-state index in [0.29, 0.717) is 0 Å². The van der Waals surface area contributed by atoms with E-state index in [1.165, 1.54) is 5.57 Å². The summed E-state index contributed by atoms with van der Waals surface area (Å²) in [6, 6.07) is 0. The van der Waals surface area contributed by atoms with Gasteiger partial charge in [0.05, 0.1) is 13.2 Å². The van der Waals surface area contributed by atoms with Gasteiger partial charge in [0.1, 0.15) is 0 Å². The molecule has 1 rings (SSSR count). The fraction of sp³-hybridized carbons (Fsp3) is 0.714. The highest BCUT2D eigenvalue weighted by molar-refractivity contribution is 5.05. The van der Waals surface area contributed by atoms with Crippen LogP contribution in [0.4, 0.5) is 0 Å². The van der Waals surface area contributed by atoms with E-state index in [2.05, 4.69) is 11.4 Å². The Bertz CT molecular complexity index is 109. The van der Waals surface area contributed by atoms with E-state index in [4.69, 9.17) is 4.74 Å². The molecule has 0 saturated heterocycles. The van der Waals surface area contributed by atoms with Crippen LogP contribution in [-0.4, -0.2) is 26.8 Å². The van der Waals surface area contributed by atoms with Gasteiger partial charge in [-0.3, -0.25) is 0 Å². The minimum atomic E-state index is 0.803. The molecule has 0 unspecified atom stereocenters. The SMILES string of the molecule is CNCC1=CCOCC1. The Kier molecular flexibility index (Phi) is 2.74. The lowest BCUT2D eigenvalue weighted by Gasteiger charge is -2.12. The summed E-state index contributed by atoms with van der Waals surface area (Å²) in [5, 5.41) is 3.11. The maximum atomic E-state index is 5.14. The van der Waals surface area contributed by atoms with Crippen molar-refractivity contribution in [1.82, 2.24) is 5.32 Å². The molecule has 0 spiro atoms. The van der Waals surface area contributed by atoms with Crippen molar-refractivity contribution in [1.29, 1.82) is 0 Å². The first-order valence-electron chi connectivity index (χ1n) is 3.33. The predicted molar refractivity (Wildman–Crippen MR) is 37.4 cm³/mol. The second-order valence-electron chi connectivity index (χ2n) is 2.22. The van der Waals surface area contributed by atoms with E-state index >= 15 is 0 Å². The van der Waals surface area contributed by atoms with Gasteiger partial charge >= 0.3 is 0 Å². The Morgan fingerprint density at radius 2 is 2.67 bits per heavy atom. The van der Waals surface area contributed by atoms with Crippen LogP contribution in [0.1, 0.15) is 6.42 Å². The lowest BCUT2D eigenvalue weighted by atomic mass is 10.1. The highest BCUT2D eigenvalue weighted by Crippen LogP contribution is 2.04. The minimum absolute atomic E-state index is 0.803. The first-order chi connectivity index (χ1) is 4.43. The predicted octanol–water partition coefficient (Wildman–Crippen LogP) is 0.552. The number of hydrogen-bond donors (Lipinski definition) is 1. The topological polar surface area (TPSA) is 21.3 Å². The van der Waals surface area contributed by atoms with Crippen LogP contribution in [-0.2, 0) is 4.74 Å². The second-order valence-corrected chi connectivity index (χ2v) is 2.22. The van der Waals surface area contributed by atoms with E-state index < -0.39 is 0 Å². The molecule has 52 valence electrons. The lowest BCUT2D eigenvalue weighted by molar-refractivity contribution is 0.154. The van der Waals surface area contributed by atoms with Crippen LogP contribution in [0.3, 0.4) is 0 Å². The van der Waals surface area contributed by atoms with Gasteiger partial charge in [0, 0.05) is 6.54 Å². The maximum absolute atomic E-state index is 5.14.